The summed E-state index contributed by atoms with van der Waals surface area (Å²) in [4.78, 5) is 4.03. The summed E-state index contributed by atoms with van der Waals surface area (Å²) in [6.45, 7) is 3.19. The zero-order valence-corrected chi connectivity index (χ0v) is 12.3. The Morgan fingerprint density at radius 1 is 1.43 bits per heavy atom. The number of aromatic nitrogens is 1. The SMILES string of the molecule is CC1CNS(O)(O)N(c2ccc3c(C#N)nccc3c2)C1. The van der Waals surface area contributed by atoms with Crippen LogP contribution in [0.3, 0.4) is 0 Å². The molecule has 1 saturated heterocycles. The smallest absolute Gasteiger partial charge is 0.148 e. The maximum atomic E-state index is 10.2. The Bertz CT molecular complexity index is 728. The second-order valence-electron chi connectivity index (χ2n) is 5.21. The van der Waals surface area contributed by atoms with Gasteiger partial charge in [0.05, 0.1) is 5.69 Å². The van der Waals surface area contributed by atoms with E-state index >= 15 is 0 Å². The third kappa shape index (κ3) is 2.54. The number of anilines is 1. The van der Waals surface area contributed by atoms with Crippen LogP contribution < -0.4 is 9.03 Å². The van der Waals surface area contributed by atoms with Crippen LogP contribution in [-0.2, 0) is 0 Å². The molecule has 3 rings (SSSR count). The lowest BCUT2D eigenvalue weighted by Gasteiger charge is -2.49. The maximum Gasteiger partial charge on any atom is 0.148 e. The Labute approximate surface area is 124 Å². The standard InChI is InChI=1S/C14H16N4O2S/c1-10-8-17-21(19,20)18(9-10)12-2-3-13-11(6-12)4-5-16-14(13)7-15/h2-6,10,17,19-20H,8-9H2,1H3. The van der Waals surface area contributed by atoms with Gasteiger partial charge in [-0.3, -0.25) is 13.4 Å². The van der Waals surface area contributed by atoms with Crippen LogP contribution in [0.5, 0.6) is 0 Å². The van der Waals surface area contributed by atoms with E-state index < -0.39 is 11.0 Å². The molecule has 0 spiro atoms. The molecule has 1 aliphatic heterocycles. The second-order valence-corrected chi connectivity index (χ2v) is 6.98. The highest BCUT2D eigenvalue weighted by atomic mass is 32.3. The van der Waals surface area contributed by atoms with Crippen LogP contribution in [0.4, 0.5) is 5.69 Å². The minimum Gasteiger partial charge on any atom is -0.269 e. The fourth-order valence-corrected chi connectivity index (χ4v) is 3.98. The first-order valence-electron chi connectivity index (χ1n) is 6.60. The Kier molecular flexibility index (Phi) is 3.47. The zero-order chi connectivity index (χ0) is 15.0. The lowest BCUT2D eigenvalue weighted by molar-refractivity contribution is 0.424. The van der Waals surface area contributed by atoms with Gasteiger partial charge < -0.3 is 0 Å². The molecular formula is C14H16N4O2S. The minimum absolute atomic E-state index is 0.313. The zero-order valence-electron chi connectivity index (χ0n) is 11.5. The van der Waals surface area contributed by atoms with Gasteiger partial charge in [-0.15, -0.1) is 0 Å². The van der Waals surface area contributed by atoms with Crippen molar-refractivity contribution in [1.29, 1.82) is 5.26 Å². The minimum atomic E-state index is -2.99. The third-order valence-corrected chi connectivity index (χ3v) is 5.08. The first kappa shape index (κ1) is 14.1. The molecule has 1 unspecified atom stereocenters. The Hall–Kier alpha value is -1.85. The van der Waals surface area contributed by atoms with Crippen LogP contribution in [0.1, 0.15) is 12.6 Å². The summed E-state index contributed by atoms with van der Waals surface area (Å²) >= 11 is 0. The Morgan fingerprint density at radius 3 is 3.00 bits per heavy atom. The highest BCUT2D eigenvalue weighted by Gasteiger charge is 2.30. The summed E-state index contributed by atoms with van der Waals surface area (Å²) in [5.41, 5.74) is 1.09. The van der Waals surface area contributed by atoms with Gasteiger partial charge in [-0.2, -0.15) is 5.26 Å². The van der Waals surface area contributed by atoms with Gasteiger partial charge in [-0.1, -0.05) is 17.9 Å². The van der Waals surface area contributed by atoms with Gasteiger partial charge in [-0.05, 0) is 35.6 Å². The fraction of sp³-hybridized carbons (Fsp3) is 0.286. The van der Waals surface area contributed by atoms with Crippen LogP contribution in [-0.4, -0.2) is 27.2 Å². The van der Waals surface area contributed by atoms with Crippen molar-refractivity contribution in [2.45, 2.75) is 6.92 Å². The van der Waals surface area contributed by atoms with Gasteiger partial charge in [-0.25, -0.2) is 9.71 Å². The summed E-state index contributed by atoms with van der Waals surface area (Å²) in [6, 6.07) is 9.31. The molecule has 0 amide bonds. The molecule has 21 heavy (non-hydrogen) atoms. The molecule has 1 aromatic heterocycles. The molecule has 1 aromatic carbocycles. The van der Waals surface area contributed by atoms with Crippen molar-refractivity contribution in [3.8, 4) is 6.07 Å². The topological polar surface area (TPSA) is 92.4 Å². The third-order valence-electron chi connectivity index (χ3n) is 3.55. The number of rotatable bonds is 1. The first-order valence-corrected chi connectivity index (χ1v) is 8.11. The molecule has 0 saturated carbocycles. The average molecular weight is 304 g/mol. The van der Waals surface area contributed by atoms with Gasteiger partial charge >= 0.3 is 0 Å². The lowest BCUT2D eigenvalue weighted by Crippen LogP contribution is -2.47. The summed E-state index contributed by atoms with van der Waals surface area (Å²) in [5.74, 6) is 0.313. The molecule has 2 aromatic rings. The summed E-state index contributed by atoms with van der Waals surface area (Å²) in [7, 11) is -2.99. The summed E-state index contributed by atoms with van der Waals surface area (Å²) in [6.07, 6.45) is 1.58. The quantitative estimate of drug-likeness (QED) is 0.750. The molecule has 1 fully saturated rings. The number of nitrogens with zero attached hydrogens (tertiary/aromatic N) is 3. The largest absolute Gasteiger partial charge is 0.269 e. The van der Waals surface area contributed by atoms with Crippen molar-refractivity contribution in [3.63, 3.8) is 0 Å². The van der Waals surface area contributed by atoms with Crippen LogP contribution in [0.25, 0.3) is 10.8 Å². The van der Waals surface area contributed by atoms with E-state index in [0.29, 0.717) is 24.7 Å². The molecule has 2 heterocycles. The molecule has 0 aliphatic carbocycles. The van der Waals surface area contributed by atoms with E-state index in [2.05, 4.69) is 15.8 Å². The van der Waals surface area contributed by atoms with E-state index in [1.807, 2.05) is 19.1 Å². The van der Waals surface area contributed by atoms with Crippen LogP contribution in [0.15, 0.2) is 30.5 Å². The van der Waals surface area contributed by atoms with Gasteiger partial charge in [0.15, 0.2) is 0 Å². The van der Waals surface area contributed by atoms with Gasteiger partial charge in [0.2, 0.25) is 0 Å². The normalized spacial score (nSPS) is 22.8. The van der Waals surface area contributed by atoms with Crippen LogP contribution in [0.2, 0.25) is 0 Å². The van der Waals surface area contributed by atoms with Gasteiger partial charge in [0, 0.05) is 24.7 Å². The van der Waals surface area contributed by atoms with Crippen LogP contribution in [0, 0.1) is 17.2 Å². The van der Waals surface area contributed by atoms with Crippen molar-refractivity contribution in [1.82, 2.24) is 9.71 Å². The molecular weight excluding hydrogens is 288 g/mol. The highest BCUT2D eigenvalue weighted by Crippen LogP contribution is 2.45. The van der Waals surface area contributed by atoms with Crippen molar-refractivity contribution in [3.05, 3.63) is 36.2 Å². The van der Waals surface area contributed by atoms with E-state index in [1.165, 1.54) is 0 Å². The fourth-order valence-electron chi connectivity index (χ4n) is 2.45. The van der Waals surface area contributed by atoms with Crippen molar-refractivity contribution >= 4 is 27.4 Å². The Balaban J connectivity index is 2.07. The van der Waals surface area contributed by atoms with Crippen molar-refractivity contribution < 1.29 is 9.11 Å². The summed E-state index contributed by atoms with van der Waals surface area (Å²) in [5, 5.41) is 10.7. The number of fused-ring (bicyclic) bond motifs is 1. The monoisotopic (exact) mass is 304 g/mol. The van der Waals surface area contributed by atoms with Crippen molar-refractivity contribution in [2.24, 2.45) is 5.92 Å². The number of benzene rings is 1. The summed E-state index contributed by atoms with van der Waals surface area (Å²) < 4.78 is 24.7. The number of pyridine rings is 1. The van der Waals surface area contributed by atoms with E-state index in [1.54, 1.807) is 22.6 Å². The maximum absolute atomic E-state index is 10.2. The van der Waals surface area contributed by atoms with E-state index in [-0.39, 0.29) is 0 Å². The van der Waals surface area contributed by atoms with Crippen molar-refractivity contribution in [2.75, 3.05) is 17.4 Å². The van der Waals surface area contributed by atoms with E-state index in [4.69, 9.17) is 5.26 Å². The molecule has 3 N–H and O–H groups in total. The van der Waals surface area contributed by atoms with E-state index in [9.17, 15) is 9.11 Å². The molecule has 6 nitrogen and oxygen atoms in total. The predicted octanol–water partition coefficient (Wildman–Crippen LogP) is 2.73. The van der Waals surface area contributed by atoms with E-state index in [0.717, 1.165) is 16.5 Å². The van der Waals surface area contributed by atoms with Gasteiger partial charge in [0.1, 0.15) is 11.8 Å². The molecule has 110 valence electrons. The molecule has 1 atom stereocenters. The number of nitrogens with one attached hydrogen (secondary N) is 1. The highest BCUT2D eigenvalue weighted by molar-refractivity contribution is 8.23. The molecule has 0 radical (unpaired) electrons. The molecule has 7 heteroatoms. The van der Waals surface area contributed by atoms with Crippen LogP contribution >= 0.6 is 11.0 Å². The Morgan fingerprint density at radius 2 is 2.24 bits per heavy atom. The molecule has 0 bridgehead atoms. The molecule has 1 aliphatic rings. The first-order chi connectivity index (χ1) is 10.0. The average Bonchev–Trinajstić information content (AvgIpc) is 2.48. The predicted molar refractivity (Wildman–Crippen MR) is 83.8 cm³/mol. The lowest BCUT2D eigenvalue weighted by atomic mass is 10.1. The number of hydrogen-bond acceptors (Lipinski definition) is 6. The second kappa shape index (κ2) is 5.16. The number of hydrogen-bond donors (Lipinski definition) is 3. The van der Waals surface area contributed by atoms with Gasteiger partial charge in [0.25, 0.3) is 0 Å². The number of nitriles is 1.